The molecule has 84 valence electrons. The summed E-state index contributed by atoms with van der Waals surface area (Å²) in [6.45, 7) is 3.70. The molecule has 1 aliphatic rings. The molecule has 1 saturated heterocycles. The molecule has 2 rings (SSSR count). The molecular formula is C9H13ClN2O2S. The number of nitrogens with zero attached hydrogens (tertiary/aromatic N) is 2. The summed E-state index contributed by atoms with van der Waals surface area (Å²) >= 11 is 6.02. The SMILES string of the molecule is Cc1nn([C@@H]2CCS(=O)(=O)C2)c(C)c1Cl. The van der Waals surface area contributed by atoms with Crippen LogP contribution < -0.4 is 0 Å². The second-order valence-corrected chi connectivity index (χ2v) is 6.59. The van der Waals surface area contributed by atoms with E-state index in [1.807, 2.05) is 13.8 Å². The van der Waals surface area contributed by atoms with E-state index in [1.165, 1.54) is 0 Å². The van der Waals surface area contributed by atoms with E-state index in [2.05, 4.69) is 5.10 Å². The summed E-state index contributed by atoms with van der Waals surface area (Å²) in [5.41, 5.74) is 1.62. The molecule has 4 nitrogen and oxygen atoms in total. The predicted octanol–water partition coefficient (Wildman–Crippen LogP) is 1.51. The lowest BCUT2D eigenvalue weighted by Crippen LogP contribution is -2.13. The summed E-state index contributed by atoms with van der Waals surface area (Å²) < 4.78 is 24.4. The van der Waals surface area contributed by atoms with Crippen LogP contribution in [-0.4, -0.2) is 29.7 Å². The summed E-state index contributed by atoms with van der Waals surface area (Å²) in [4.78, 5) is 0. The van der Waals surface area contributed by atoms with E-state index in [-0.39, 0.29) is 17.5 Å². The number of sulfone groups is 1. The Morgan fingerprint density at radius 1 is 1.47 bits per heavy atom. The number of halogens is 1. The predicted molar refractivity (Wildman–Crippen MR) is 59.0 cm³/mol. The average molecular weight is 249 g/mol. The Morgan fingerprint density at radius 2 is 2.13 bits per heavy atom. The molecule has 0 aromatic carbocycles. The quantitative estimate of drug-likeness (QED) is 0.757. The molecule has 0 aliphatic carbocycles. The smallest absolute Gasteiger partial charge is 0.152 e. The number of rotatable bonds is 1. The van der Waals surface area contributed by atoms with Crippen LogP contribution in [-0.2, 0) is 9.84 Å². The lowest BCUT2D eigenvalue weighted by molar-refractivity contribution is 0.486. The van der Waals surface area contributed by atoms with Gasteiger partial charge in [-0.05, 0) is 20.3 Å². The number of aromatic nitrogens is 2. The first-order chi connectivity index (χ1) is 6.91. The van der Waals surface area contributed by atoms with Gasteiger partial charge in [0.05, 0.1) is 34.0 Å². The van der Waals surface area contributed by atoms with Crippen molar-refractivity contribution in [1.82, 2.24) is 9.78 Å². The summed E-state index contributed by atoms with van der Waals surface area (Å²) in [6, 6.07) is -0.0406. The largest absolute Gasteiger partial charge is 0.264 e. The van der Waals surface area contributed by atoms with Gasteiger partial charge in [0.15, 0.2) is 9.84 Å². The fourth-order valence-electron chi connectivity index (χ4n) is 1.97. The van der Waals surface area contributed by atoms with Crippen molar-refractivity contribution in [3.05, 3.63) is 16.4 Å². The minimum absolute atomic E-state index is 0.0406. The van der Waals surface area contributed by atoms with E-state index in [0.717, 1.165) is 11.4 Å². The van der Waals surface area contributed by atoms with Crippen LogP contribution in [0.4, 0.5) is 0 Å². The van der Waals surface area contributed by atoms with Crippen LogP contribution in [0.1, 0.15) is 23.9 Å². The fraction of sp³-hybridized carbons (Fsp3) is 0.667. The zero-order valence-corrected chi connectivity index (χ0v) is 10.3. The van der Waals surface area contributed by atoms with Gasteiger partial charge in [0.1, 0.15) is 0 Å². The third kappa shape index (κ3) is 1.90. The molecule has 0 radical (unpaired) electrons. The van der Waals surface area contributed by atoms with E-state index >= 15 is 0 Å². The highest BCUT2D eigenvalue weighted by molar-refractivity contribution is 7.91. The zero-order chi connectivity index (χ0) is 11.2. The molecule has 6 heteroatoms. The Kier molecular flexibility index (Phi) is 2.55. The van der Waals surface area contributed by atoms with Gasteiger partial charge in [-0.15, -0.1) is 0 Å². The topological polar surface area (TPSA) is 52.0 Å². The Balaban J connectivity index is 2.36. The van der Waals surface area contributed by atoms with E-state index in [4.69, 9.17) is 11.6 Å². The van der Waals surface area contributed by atoms with Crippen LogP contribution >= 0.6 is 11.6 Å². The van der Waals surface area contributed by atoms with Crippen LogP contribution in [0.5, 0.6) is 0 Å². The lowest BCUT2D eigenvalue weighted by Gasteiger charge is -2.10. The molecule has 0 spiro atoms. The highest BCUT2D eigenvalue weighted by Gasteiger charge is 2.31. The maximum absolute atomic E-state index is 11.3. The third-order valence-electron chi connectivity index (χ3n) is 2.79. The average Bonchev–Trinajstić information content (AvgIpc) is 2.62. The third-order valence-corrected chi connectivity index (χ3v) is 5.09. The van der Waals surface area contributed by atoms with Crippen molar-refractivity contribution in [2.75, 3.05) is 11.5 Å². The molecule has 15 heavy (non-hydrogen) atoms. The van der Waals surface area contributed by atoms with Gasteiger partial charge < -0.3 is 0 Å². The van der Waals surface area contributed by atoms with Crippen LogP contribution in [0, 0.1) is 13.8 Å². The highest BCUT2D eigenvalue weighted by Crippen LogP contribution is 2.28. The molecule has 2 heterocycles. The maximum Gasteiger partial charge on any atom is 0.152 e. The van der Waals surface area contributed by atoms with E-state index in [0.29, 0.717) is 11.4 Å². The van der Waals surface area contributed by atoms with Crippen molar-refractivity contribution in [3.63, 3.8) is 0 Å². The zero-order valence-electron chi connectivity index (χ0n) is 8.70. The first kappa shape index (κ1) is 11.0. The van der Waals surface area contributed by atoms with Crippen molar-refractivity contribution in [1.29, 1.82) is 0 Å². The Hall–Kier alpha value is -0.550. The van der Waals surface area contributed by atoms with Gasteiger partial charge >= 0.3 is 0 Å². The van der Waals surface area contributed by atoms with Crippen LogP contribution in [0.3, 0.4) is 0 Å². The molecule has 0 saturated carbocycles. The Morgan fingerprint density at radius 3 is 2.53 bits per heavy atom. The second kappa shape index (κ2) is 3.49. The van der Waals surface area contributed by atoms with Crippen LogP contribution in [0.15, 0.2) is 0 Å². The van der Waals surface area contributed by atoms with Crippen molar-refractivity contribution in [2.45, 2.75) is 26.3 Å². The molecule has 1 aliphatic heterocycles. The lowest BCUT2D eigenvalue weighted by atomic mass is 10.2. The van der Waals surface area contributed by atoms with Gasteiger partial charge in [-0.1, -0.05) is 11.6 Å². The van der Waals surface area contributed by atoms with Gasteiger partial charge in [0, 0.05) is 0 Å². The summed E-state index contributed by atoms with van der Waals surface area (Å²) in [5, 5.41) is 4.92. The molecule has 0 unspecified atom stereocenters. The van der Waals surface area contributed by atoms with E-state index in [9.17, 15) is 8.42 Å². The molecule has 1 aromatic heterocycles. The maximum atomic E-state index is 11.3. The fourth-order valence-corrected chi connectivity index (χ4v) is 3.78. The summed E-state index contributed by atoms with van der Waals surface area (Å²) in [6.07, 6.45) is 0.640. The molecule has 0 bridgehead atoms. The molecular weight excluding hydrogens is 236 g/mol. The normalized spacial score (nSPS) is 24.6. The second-order valence-electron chi connectivity index (χ2n) is 3.99. The van der Waals surface area contributed by atoms with E-state index < -0.39 is 9.84 Å². The summed E-state index contributed by atoms with van der Waals surface area (Å²) in [7, 11) is -2.87. The van der Waals surface area contributed by atoms with Crippen molar-refractivity contribution >= 4 is 21.4 Å². The minimum Gasteiger partial charge on any atom is -0.264 e. The number of hydrogen-bond donors (Lipinski definition) is 0. The van der Waals surface area contributed by atoms with Crippen LogP contribution in [0.25, 0.3) is 0 Å². The number of aryl methyl sites for hydroxylation is 1. The standard InChI is InChI=1S/C9H13ClN2O2S/c1-6-9(10)7(2)12(11-6)8-3-4-15(13,14)5-8/h8H,3-5H2,1-2H3/t8-/m1/s1. The van der Waals surface area contributed by atoms with Crippen molar-refractivity contribution in [3.8, 4) is 0 Å². The number of hydrogen-bond acceptors (Lipinski definition) is 3. The van der Waals surface area contributed by atoms with Gasteiger partial charge in [-0.25, -0.2) is 8.42 Å². The van der Waals surface area contributed by atoms with Crippen LogP contribution in [0.2, 0.25) is 5.02 Å². The molecule has 1 atom stereocenters. The Labute approximate surface area is 94.2 Å². The molecule has 0 N–H and O–H groups in total. The Bertz CT molecular complexity index is 492. The first-order valence-electron chi connectivity index (χ1n) is 4.82. The van der Waals surface area contributed by atoms with Gasteiger partial charge in [0.2, 0.25) is 0 Å². The van der Waals surface area contributed by atoms with Gasteiger partial charge in [0.25, 0.3) is 0 Å². The van der Waals surface area contributed by atoms with E-state index in [1.54, 1.807) is 4.68 Å². The molecule has 1 aromatic rings. The minimum atomic E-state index is -2.87. The van der Waals surface area contributed by atoms with Gasteiger partial charge in [-0.2, -0.15) is 5.10 Å². The highest BCUT2D eigenvalue weighted by atomic mass is 35.5. The monoisotopic (exact) mass is 248 g/mol. The molecule has 1 fully saturated rings. The summed E-state index contributed by atoms with van der Waals surface area (Å²) in [5.74, 6) is 0.443. The van der Waals surface area contributed by atoms with Crippen molar-refractivity contribution < 1.29 is 8.42 Å². The van der Waals surface area contributed by atoms with Gasteiger partial charge in [-0.3, -0.25) is 4.68 Å². The molecule has 0 amide bonds. The van der Waals surface area contributed by atoms with Crippen molar-refractivity contribution in [2.24, 2.45) is 0 Å². The first-order valence-corrected chi connectivity index (χ1v) is 7.02.